The standard InChI is InChI=1S/C10H12ClN5O3/c11-10-13-8(15-19)6-9(14-10)16(3-12-6)4-1-2-5(17)7(4)18/h3-5,7,17-19H,1-2H2,(H,13,14,15)/t4-,5-,7+/m1/s1. The van der Waals surface area contributed by atoms with E-state index in [9.17, 15) is 10.2 Å². The first-order chi connectivity index (χ1) is 9.11. The fourth-order valence-corrected chi connectivity index (χ4v) is 2.62. The minimum Gasteiger partial charge on any atom is -0.390 e. The van der Waals surface area contributed by atoms with Gasteiger partial charge < -0.3 is 14.8 Å². The summed E-state index contributed by atoms with van der Waals surface area (Å²) < 4.78 is 1.64. The number of nitrogens with zero attached hydrogens (tertiary/aromatic N) is 4. The summed E-state index contributed by atoms with van der Waals surface area (Å²) in [6.45, 7) is 0. The zero-order chi connectivity index (χ0) is 13.6. The molecule has 1 aliphatic rings. The monoisotopic (exact) mass is 285 g/mol. The SMILES string of the molecule is ONc1nc(Cl)nc2c1ncn2[C@@H]1CC[C@@H](O)[C@H]1O. The van der Waals surface area contributed by atoms with Crippen LogP contribution in [0.2, 0.25) is 5.28 Å². The highest BCUT2D eigenvalue weighted by Gasteiger charge is 2.35. The second kappa shape index (κ2) is 4.57. The summed E-state index contributed by atoms with van der Waals surface area (Å²) in [6, 6.07) is -0.322. The summed E-state index contributed by atoms with van der Waals surface area (Å²) >= 11 is 5.78. The van der Waals surface area contributed by atoms with Gasteiger partial charge in [0.1, 0.15) is 6.10 Å². The molecule has 8 nitrogen and oxygen atoms in total. The molecular formula is C10H12ClN5O3. The van der Waals surface area contributed by atoms with Crippen molar-refractivity contribution in [1.82, 2.24) is 19.5 Å². The average Bonchev–Trinajstić information content (AvgIpc) is 2.94. The molecule has 3 atom stereocenters. The Morgan fingerprint density at radius 3 is 2.74 bits per heavy atom. The maximum atomic E-state index is 9.94. The topological polar surface area (TPSA) is 116 Å². The normalized spacial score (nSPS) is 27.1. The van der Waals surface area contributed by atoms with Crippen molar-refractivity contribution in [3.8, 4) is 0 Å². The van der Waals surface area contributed by atoms with Crippen LogP contribution in [0.3, 0.4) is 0 Å². The predicted molar refractivity (Wildman–Crippen MR) is 66.0 cm³/mol. The number of hydrogen-bond acceptors (Lipinski definition) is 7. The number of fused-ring (bicyclic) bond motifs is 1. The Balaban J connectivity index is 2.13. The molecule has 0 unspecified atom stereocenters. The zero-order valence-electron chi connectivity index (χ0n) is 9.73. The molecule has 3 rings (SSSR count). The molecule has 0 amide bonds. The Hall–Kier alpha value is -1.48. The second-order valence-corrected chi connectivity index (χ2v) is 4.82. The van der Waals surface area contributed by atoms with Crippen LogP contribution in [0.5, 0.6) is 0 Å². The third-order valence-corrected chi connectivity index (χ3v) is 3.57. The molecule has 0 spiro atoms. The van der Waals surface area contributed by atoms with E-state index in [-0.39, 0.29) is 17.1 Å². The van der Waals surface area contributed by atoms with Crippen molar-refractivity contribution in [2.24, 2.45) is 0 Å². The number of aliphatic hydroxyl groups excluding tert-OH is 2. The van der Waals surface area contributed by atoms with Gasteiger partial charge in [0.15, 0.2) is 17.0 Å². The van der Waals surface area contributed by atoms with Gasteiger partial charge in [-0.2, -0.15) is 9.97 Å². The largest absolute Gasteiger partial charge is 0.390 e. The zero-order valence-corrected chi connectivity index (χ0v) is 10.5. The van der Waals surface area contributed by atoms with E-state index in [4.69, 9.17) is 16.8 Å². The summed E-state index contributed by atoms with van der Waals surface area (Å²) in [5.41, 5.74) is 2.66. The smallest absolute Gasteiger partial charge is 0.226 e. The van der Waals surface area contributed by atoms with Gasteiger partial charge in [-0.05, 0) is 24.4 Å². The van der Waals surface area contributed by atoms with Gasteiger partial charge in [0.2, 0.25) is 5.28 Å². The van der Waals surface area contributed by atoms with E-state index in [1.807, 2.05) is 5.48 Å². The Kier molecular flexibility index (Phi) is 3.02. The van der Waals surface area contributed by atoms with E-state index in [1.165, 1.54) is 6.33 Å². The van der Waals surface area contributed by atoms with E-state index < -0.39 is 12.2 Å². The summed E-state index contributed by atoms with van der Waals surface area (Å²) in [6.07, 6.45) is 0.974. The molecule has 102 valence electrons. The molecule has 1 fully saturated rings. The second-order valence-electron chi connectivity index (χ2n) is 4.48. The van der Waals surface area contributed by atoms with Gasteiger partial charge in [0.25, 0.3) is 0 Å². The van der Waals surface area contributed by atoms with E-state index in [0.717, 1.165) is 0 Å². The van der Waals surface area contributed by atoms with Crippen molar-refractivity contribution in [3.05, 3.63) is 11.6 Å². The minimum atomic E-state index is -0.878. The average molecular weight is 286 g/mol. The van der Waals surface area contributed by atoms with Crippen LogP contribution >= 0.6 is 11.6 Å². The van der Waals surface area contributed by atoms with Crippen LogP contribution < -0.4 is 5.48 Å². The lowest BCUT2D eigenvalue weighted by Crippen LogP contribution is -2.26. The van der Waals surface area contributed by atoms with Crippen molar-refractivity contribution in [1.29, 1.82) is 0 Å². The van der Waals surface area contributed by atoms with E-state index in [2.05, 4.69) is 15.0 Å². The lowest BCUT2D eigenvalue weighted by molar-refractivity contribution is 0.0241. The van der Waals surface area contributed by atoms with Crippen LogP contribution in [0.4, 0.5) is 5.82 Å². The van der Waals surface area contributed by atoms with Gasteiger partial charge >= 0.3 is 0 Å². The Morgan fingerprint density at radius 1 is 1.32 bits per heavy atom. The highest BCUT2D eigenvalue weighted by Crippen LogP contribution is 2.33. The van der Waals surface area contributed by atoms with Crippen molar-refractivity contribution in [2.45, 2.75) is 31.1 Å². The van der Waals surface area contributed by atoms with Crippen LogP contribution in [-0.2, 0) is 0 Å². The summed E-state index contributed by atoms with van der Waals surface area (Å²) in [5, 5.41) is 28.5. The number of hydrogen-bond donors (Lipinski definition) is 4. The maximum absolute atomic E-state index is 9.94. The summed E-state index contributed by atoms with van der Waals surface area (Å²) in [5.74, 6) is 0.0989. The number of halogens is 1. The molecule has 2 heterocycles. The van der Waals surface area contributed by atoms with Crippen LogP contribution in [0, 0.1) is 0 Å². The number of imidazole rings is 1. The number of rotatable bonds is 2. The van der Waals surface area contributed by atoms with Crippen LogP contribution in [0.25, 0.3) is 11.2 Å². The van der Waals surface area contributed by atoms with Crippen LogP contribution in [0.15, 0.2) is 6.33 Å². The lowest BCUT2D eigenvalue weighted by Gasteiger charge is -2.18. The van der Waals surface area contributed by atoms with E-state index in [1.54, 1.807) is 4.57 Å². The van der Waals surface area contributed by atoms with Gasteiger partial charge in [-0.25, -0.2) is 4.98 Å². The molecule has 0 aliphatic heterocycles. The molecule has 0 saturated heterocycles. The van der Waals surface area contributed by atoms with Gasteiger partial charge in [-0.3, -0.25) is 10.7 Å². The first kappa shape index (κ1) is 12.5. The third kappa shape index (κ3) is 1.93. The number of aromatic nitrogens is 4. The lowest BCUT2D eigenvalue weighted by atomic mass is 10.2. The van der Waals surface area contributed by atoms with Gasteiger partial charge in [0.05, 0.1) is 18.5 Å². The Morgan fingerprint density at radius 2 is 2.11 bits per heavy atom. The van der Waals surface area contributed by atoms with Crippen LogP contribution in [0.1, 0.15) is 18.9 Å². The highest BCUT2D eigenvalue weighted by molar-refractivity contribution is 6.28. The molecule has 9 heteroatoms. The maximum Gasteiger partial charge on any atom is 0.226 e. The minimum absolute atomic E-state index is 0.0427. The first-order valence-electron chi connectivity index (χ1n) is 5.78. The molecular weight excluding hydrogens is 274 g/mol. The first-order valence-corrected chi connectivity index (χ1v) is 6.16. The Bertz CT molecular complexity index is 618. The number of nitrogens with one attached hydrogen (secondary N) is 1. The van der Waals surface area contributed by atoms with Crippen molar-refractivity contribution in [3.63, 3.8) is 0 Å². The molecule has 2 aromatic rings. The number of aliphatic hydroxyl groups is 2. The van der Waals surface area contributed by atoms with E-state index in [0.29, 0.717) is 24.0 Å². The quantitative estimate of drug-likeness (QED) is 0.464. The predicted octanol–water partition coefficient (Wildman–Crippen LogP) is 0.337. The van der Waals surface area contributed by atoms with Gasteiger partial charge in [-0.15, -0.1) is 0 Å². The molecule has 4 N–H and O–H groups in total. The third-order valence-electron chi connectivity index (χ3n) is 3.40. The van der Waals surface area contributed by atoms with Crippen LogP contribution in [-0.4, -0.2) is 47.1 Å². The van der Waals surface area contributed by atoms with Crippen molar-refractivity contribution in [2.75, 3.05) is 5.48 Å². The summed E-state index contributed by atoms with van der Waals surface area (Å²) in [4.78, 5) is 12.0. The van der Waals surface area contributed by atoms with Gasteiger partial charge in [0, 0.05) is 0 Å². The summed E-state index contributed by atoms with van der Waals surface area (Å²) in [7, 11) is 0. The molecule has 19 heavy (non-hydrogen) atoms. The molecule has 1 aliphatic carbocycles. The molecule has 2 aromatic heterocycles. The van der Waals surface area contributed by atoms with E-state index >= 15 is 0 Å². The van der Waals surface area contributed by atoms with Crippen molar-refractivity contribution >= 4 is 28.6 Å². The number of anilines is 1. The fraction of sp³-hybridized carbons (Fsp3) is 0.500. The Labute approximate surface area is 112 Å². The fourth-order valence-electron chi connectivity index (χ4n) is 2.45. The van der Waals surface area contributed by atoms with Gasteiger partial charge in [-0.1, -0.05) is 0 Å². The molecule has 0 aromatic carbocycles. The van der Waals surface area contributed by atoms with Crippen molar-refractivity contribution < 1.29 is 15.4 Å². The highest BCUT2D eigenvalue weighted by atomic mass is 35.5. The molecule has 0 radical (unpaired) electrons. The molecule has 0 bridgehead atoms. The molecule has 1 saturated carbocycles.